The van der Waals surface area contributed by atoms with Crippen LogP contribution in [0.5, 0.6) is 0 Å². The number of unbranched alkanes of at least 4 members (excludes halogenated alkanes) is 3. The fraction of sp³-hybridized carbons (Fsp3) is 0.724. The maximum Gasteiger partial charge on any atom is 0.200 e. The summed E-state index contributed by atoms with van der Waals surface area (Å²) in [5.74, 6) is 0.757. The predicted molar refractivity (Wildman–Crippen MR) is 142 cm³/mol. The van der Waals surface area contributed by atoms with E-state index in [1.54, 1.807) is 0 Å². The highest BCUT2D eigenvalue weighted by molar-refractivity contribution is 6.77. The lowest BCUT2D eigenvalue weighted by Gasteiger charge is -2.42. The normalized spacial score (nSPS) is 13.7. The molecule has 1 rings (SSSR count). The Bertz CT molecular complexity index is 554. The monoisotopic (exact) mass is 444 g/mol. The van der Waals surface area contributed by atoms with Crippen molar-refractivity contribution < 1.29 is 4.43 Å². The molecule has 0 fully saturated rings. The summed E-state index contributed by atoms with van der Waals surface area (Å²) in [4.78, 5) is 0. The van der Waals surface area contributed by atoms with Crippen molar-refractivity contribution in [2.24, 2.45) is 5.92 Å². The highest BCUT2D eigenvalue weighted by Crippen LogP contribution is 2.42. The third-order valence-corrected chi connectivity index (χ3v) is 13.2. The highest BCUT2D eigenvalue weighted by atomic mass is 28.4. The van der Waals surface area contributed by atoms with Gasteiger partial charge < -0.3 is 4.43 Å². The van der Waals surface area contributed by atoms with Crippen LogP contribution in [-0.4, -0.2) is 14.9 Å². The van der Waals surface area contributed by atoms with E-state index in [-0.39, 0.29) is 0 Å². The number of hydrogen-bond acceptors (Lipinski definition) is 1. The first kappa shape index (κ1) is 28.2. The van der Waals surface area contributed by atoms with E-state index in [1.165, 1.54) is 50.5 Å². The van der Waals surface area contributed by atoms with Gasteiger partial charge in [0.25, 0.3) is 0 Å². The average molecular weight is 445 g/mol. The molecule has 1 nitrogen and oxygen atoms in total. The Hall–Kier alpha value is -0.863. The van der Waals surface area contributed by atoms with Crippen molar-refractivity contribution in [1.82, 2.24) is 0 Å². The van der Waals surface area contributed by atoms with Gasteiger partial charge in [-0.25, -0.2) is 0 Å². The van der Waals surface area contributed by atoms with E-state index in [4.69, 9.17) is 4.43 Å². The van der Waals surface area contributed by atoms with Gasteiger partial charge in [-0.05, 0) is 60.2 Å². The molecule has 0 saturated heterocycles. The first-order valence-electron chi connectivity index (χ1n) is 13.2. The van der Waals surface area contributed by atoms with Crippen molar-refractivity contribution in [2.45, 2.75) is 123 Å². The zero-order chi connectivity index (χ0) is 23.1. The molecule has 1 atom stereocenters. The van der Waals surface area contributed by atoms with Gasteiger partial charge in [0.2, 0.25) is 0 Å². The summed E-state index contributed by atoms with van der Waals surface area (Å²) in [5.41, 5.74) is 3.51. The van der Waals surface area contributed by atoms with Crippen molar-refractivity contribution in [3.8, 4) is 0 Å². The lowest BCUT2D eigenvalue weighted by Crippen LogP contribution is -2.47. The van der Waals surface area contributed by atoms with Crippen LogP contribution >= 0.6 is 0 Å². The first-order valence-corrected chi connectivity index (χ1v) is 15.3. The van der Waals surface area contributed by atoms with Gasteiger partial charge in [0.05, 0.1) is 0 Å². The van der Waals surface area contributed by atoms with Crippen LogP contribution in [0.4, 0.5) is 0 Å². The van der Waals surface area contributed by atoms with Gasteiger partial charge in [-0.3, -0.25) is 0 Å². The average Bonchev–Trinajstić information content (AvgIpc) is 2.73. The third kappa shape index (κ3) is 10.1. The molecule has 0 saturated carbocycles. The molecule has 0 aliphatic rings. The predicted octanol–water partition coefficient (Wildman–Crippen LogP) is 9.73. The van der Waals surface area contributed by atoms with Gasteiger partial charge in [0.1, 0.15) is 0 Å². The Morgan fingerprint density at radius 3 is 2.00 bits per heavy atom. The van der Waals surface area contributed by atoms with Gasteiger partial charge in [0, 0.05) is 6.61 Å². The van der Waals surface area contributed by atoms with Gasteiger partial charge in [0.15, 0.2) is 8.32 Å². The summed E-state index contributed by atoms with van der Waals surface area (Å²) in [5, 5.41) is 0. The molecule has 1 aromatic carbocycles. The number of aryl methyl sites for hydroxylation is 1. The summed E-state index contributed by atoms with van der Waals surface area (Å²) < 4.78 is 6.73. The minimum absolute atomic E-state index is 0.687. The van der Waals surface area contributed by atoms with E-state index in [9.17, 15) is 0 Å². The second-order valence-corrected chi connectivity index (χ2v) is 15.8. The van der Waals surface area contributed by atoms with E-state index >= 15 is 0 Å². The van der Waals surface area contributed by atoms with E-state index in [1.807, 2.05) is 0 Å². The summed E-state index contributed by atoms with van der Waals surface area (Å²) in [6, 6.07) is 10.9. The highest BCUT2D eigenvalue weighted by Gasteiger charge is 2.44. The van der Waals surface area contributed by atoms with E-state index < -0.39 is 8.32 Å². The van der Waals surface area contributed by atoms with Crippen molar-refractivity contribution in [1.29, 1.82) is 0 Å². The molecule has 0 N–H and O–H groups in total. The first-order chi connectivity index (χ1) is 14.8. The smallest absolute Gasteiger partial charge is 0.200 e. The number of allylic oxidation sites excluding steroid dienone is 2. The summed E-state index contributed by atoms with van der Waals surface area (Å²) >= 11 is 0. The fourth-order valence-corrected chi connectivity index (χ4v) is 10.9. The van der Waals surface area contributed by atoms with Crippen LogP contribution in [0.15, 0.2) is 42.5 Å². The molecule has 0 aliphatic carbocycles. The quantitative estimate of drug-likeness (QED) is 0.132. The van der Waals surface area contributed by atoms with Gasteiger partial charge in [-0.2, -0.15) is 0 Å². The molecule has 0 spiro atoms. The van der Waals surface area contributed by atoms with Crippen LogP contribution < -0.4 is 0 Å². The molecule has 1 aromatic rings. The lowest BCUT2D eigenvalue weighted by molar-refractivity contribution is 0.266. The minimum atomic E-state index is -1.69. The summed E-state index contributed by atoms with van der Waals surface area (Å²) in [6.45, 7) is 17.6. The fourth-order valence-electron chi connectivity index (χ4n) is 5.42. The van der Waals surface area contributed by atoms with Crippen LogP contribution in [0.2, 0.25) is 16.6 Å². The van der Waals surface area contributed by atoms with Crippen LogP contribution in [0.1, 0.15) is 105 Å². The van der Waals surface area contributed by atoms with Gasteiger partial charge in [-0.15, -0.1) is 0 Å². The Morgan fingerprint density at radius 2 is 1.42 bits per heavy atom. The second kappa shape index (κ2) is 15.9. The summed E-state index contributed by atoms with van der Waals surface area (Å²) in [6.07, 6.45) is 16.5. The van der Waals surface area contributed by atoms with Crippen LogP contribution in [0.3, 0.4) is 0 Å². The molecular weight excluding hydrogens is 392 g/mol. The topological polar surface area (TPSA) is 9.23 Å². The van der Waals surface area contributed by atoms with Crippen LogP contribution in [-0.2, 0) is 10.8 Å². The SMILES string of the molecule is CCCCC(/C=C/CCc1ccccc1)CCCCCO[Si](C(C)C)(C(C)C)C(C)C. The number of benzene rings is 1. The zero-order valence-corrected chi connectivity index (χ0v) is 22.8. The maximum absolute atomic E-state index is 6.73. The van der Waals surface area contributed by atoms with Crippen molar-refractivity contribution in [3.63, 3.8) is 0 Å². The number of rotatable bonds is 17. The molecular formula is C29H52OSi. The minimum Gasteiger partial charge on any atom is -0.416 e. The molecule has 178 valence electrons. The van der Waals surface area contributed by atoms with Crippen LogP contribution in [0.25, 0.3) is 0 Å². The van der Waals surface area contributed by atoms with Crippen molar-refractivity contribution in [2.75, 3.05) is 6.61 Å². The Labute approximate surface area is 196 Å². The lowest BCUT2D eigenvalue weighted by atomic mass is 9.94. The van der Waals surface area contributed by atoms with E-state index in [0.717, 1.165) is 25.4 Å². The summed E-state index contributed by atoms with van der Waals surface area (Å²) in [7, 11) is -1.69. The molecule has 1 unspecified atom stereocenters. The molecule has 0 aromatic heterocycles. The van der Waals surface area contributed by atoms with Gasteiger partial charge in [-0.1, -0.05) is 117 Å². The van der Waals surface area contributed by atoms with Crippen molar-refractivity contribution in [3.05, 3.63) is 48.0 Å². The molecule has 31 heavy (non-hydrogen) atoms. The Balaban J connectivity index is 2.38. The molecule has 0 heterocycles. The molecule has 0 aliphatic heterocycles. The molecule has 0 radical (unpaired) electrons. The largest absolute Gasteiger partial charge is 0.416 e. The molecule has 0 bridgehead atoms. The number of hydrogen-bond donors (Lipinski definition) is 0. The van der Waals surface area contributed by atoms with E-state index in [2.05, 4.69) is 91.0 Å². The Morgan fingerprint density at radius 1 is 0.806 bits per heavy atom. The maximum atomic E-state index is 6.73. The Kier molecular flexibility index (Phi) is 14.4. The second-order valence-electron chi connectivity index (χ2n) is 10.4. The third-order valence-electron chi connectivity index (χ3n) is 7.06. The standard InChI is InChI=1S/C29H52OSi/c1-8-9-18-28(22-15-16-23-29-19-12-10-13-20-29)21-14-11-17-24-30-31(25(2)3,26(4)5)27(6)7/h10,12-13,15,19-20,22,25-28H,8-9,11,14,16-18,21,23-24H2,1-7H3/b22-15+. The molecule has 2 heteroatoms. The zero-order valence-electron chi connectivity index (χ0n) is 21.8. The van der Waals surface area contributed by atoms with E-state index in [0.29, 0.717) is 16.6 Å². The van der Waals surface area contributed by atoms with Gasteiger partial charge >= 0.3 is 0 Å². The van der Waals surface area contributed by atoms with Crippen LogP contribution in [0, 0.1) is 5.92 Å². The van der Waals surface area contributed by atoms with Crippen molar-refractivity contribution >= 4 is 8.32 Å². The molecule has 0 amide bonds.